The monoisotopic (exact) mass is 270 g/mol. The Hall–Kier alpha value is -1.10. The summed E-state index contributed by atoms with van der Waals surface area (Å²) in [5.74, 6) is -0.871. The largest absolute Gasteiger partial charge is 0.481 e. The lowest BCUT2D eigenvalue weighted by atomic mass is 9.79. The lowest BCUT2D eigenvalue weighted by Crippen LogP contribution is -2.40. The maximum atomic E-state index is 12.3. The molecule has 1 unspecified atom stereocenters. The lowest BCUT2D eigenvalue weighted by molar-refractivity contribution is -0.154. The van der Waals surface area contributed by atoms with Crippen molar-refractivity contribution >= 4 is 11.9 Å². The van der Waals surface area contributed by atoms with Gasteiger partial charge in [0.15, 0.2) is 0 Å². The number of carboxylic acids is 1. The molecule has 0 aromatic heterocycles. The molecule has 5 nitrogen and oxygen atoms in total. The van der Waals surface area contributed by atoms with Crippen LogP contribution in [0.4, 0.5) is 0 Å². The molecule has 1 saturated heterocycles. The van der Waals surface area contributed by atoms with E-state index < -0.39 is 11.4 Å². The van der Waals surface area contributed by atoms with Gasteiger partial charge < -0.3 is 14.9 Å². The van der Waals surface area contributed by atoms with Crippen molar-refractivity contribution < 1.29 is 14.7 Å². The summed E-state index contributed by atoms with van der Waals surface area (Å²) in [7, 11) is 4.02. The third kappa shape index (κ3) is 3.47. The molecule has 1 N–H and O–H groups in total. The molecular formula is C14H26N2O3. The van der Waals surface area contributed by atoms with Crippen molar-refractivity contribution in [2.24, 2.45) is 5.41 Å². The molecule has 0 bridgehead atoms. The first-order valence-corrected chi connectivity index (χ1v) is 7.04. The topological polar surface area (TPSA) is 60.9 Å². The van der Waals surface area contributed by atoms with Crippen LogP contribution in [0.25, 0.3) is 0 Å². The van der Waals surface area contributed by atoms with Gasteiger partial charge in [0.25, 0.3) is 0 Å². The van der Waals surface area contributed by atoms with Crippen LogP contribution in [0, 0.1) is 5.41 Å². The van der Waals surface area contributed by atoms with Gasteiger partial charge in [0, 0.05) is 25.6 Å². The highest BCUT2D eigenvalue weighted by Gasteiger charge is 2.39. The Balaban J connectivity index is 2.67. The Bertz CT molecular complexity index is 338. The molecule has 0 radical (unpaired) electrons. The summed E-state index contributed by atoms with van der Waals surface area (Å²) in [5, 5.41) is 9.38. The molecule has 1 amide bonds. The number of amides is 1. The van der Waals surface area contributed by atoms with Crippen LogP contribution in [0.1, 0.15) is 39.5 Å². The predicted molar refractivity (Wildman–Crippen MR) is 73.9 cm³/mol. The summed E-state index contributed by atoms with van der Waals surface area (Å²) >= 11 is 0. The molecule has 1 atom stereocenters. The average molecular weight is 270 g/mol. The second-order valence-corrected chi connectivity index (χ2v) is 5.72. The summed E-state index contributed by atoms with van der Waals surface area (Å²) in [6, 6.07) is 0.395. The number of carbonyl (C=O) groups is 2. The van der Waals surface area contributed by atoms with Crippen LogP contribution < -0.4 is 0 Å². The first-order chi connectivity index (χ1) is 8.86. The molecular weight excluding hydrogens is 244 g/mol. The number of hydrogen-bond acceptors (Lipinski definition) is 3. The van der Waals surface area contributed by atoms with Gasteiger partial charge in [-0.1, -0.05) is 13.8 Å². The van der Waals surface area contributed by atoms with Gasteiger partial charge in [-0.15, -0.1) is 0 Å². The maximum absolute atomic E-state index is 12.3. The maximum Gasteiger partial charge on any atom is 0.310 e. The predicted octanol–water partition coefficient (Wildman–Crippen LogP) is 1.43. The van der Waals surface area contributed by atoms with E-state index in [2.05, 4.69) is 4.90 Å². The van der Waals surface area contributed by atoms with E-state index in [1.807, 2.05) is 32.8 Å². The SMILES string of the molecule is CCC(CC)(CC(=O)N1CCC(N(C)C)C1)C(=O)O. The third-order valence-electron chi connectivity index (χ3n) is 4.54. The van der Waals surface area contributed by atoms with E-state index >= 15 is 0 Å². The Morgan fingerprint density at radius 1 is 1.32 bits per heavy atom. The van der Waals surface area contributed by atoms with E-state index in [1.165, 1.54) is 0 Å². The van der Waals surface area contributed by atoms with Crippen LogP contribution in [0.2, 0.25) is 0 Å². The molecule has 5 heteroatoms. The third-order valence-corrected chi connectivity index (χ3v) is 4.54. The van der Waals surface area contributed by atoms with E-state index in [-0.39, 0.29) is 12.3 Å². The van der Waals surface area contributed by atoms with Gasteiger partial charge in [-0.05, 0) is 33.4 Å². The summed E-state index contributed by atoms with van der Waals surface area (Å²) < 4.78 is 0. The number of aliphatic carboxylic acids is 1. The highest BCUT2D eigenvalue weighted by atomic mass is 16.4. The van der Waals surface area contributed by atoms with Crippen LogP contribution in [-0.4, -0.2) is 60.0 Å². The van der Waals surface area contributed by atoms with E-state index in [9.17, 15) is 14.7 Å². The van der Waals surface area contributed by atoms with Crippen molar-refractivity contribution in [1.82, 2.24) is 9.80 Å². The molecule has 1 aliphatic rings. The van der Waals surface area contributed by atoms with Gasteiger partial charge in [-0.25, -0.2) is 0 Å². The minimum atomic E-state index is -0.896. The van der Waals surface area contributed by atoms with Crippen LogP contribution in [-0.2, 0) is 9.59 Å². The second kappa shape index (κ2) is 6.37. The Kier molecular flexibility index (Phi) is 5.35. The van der Waals surface area contributed by atoms with E-state index in [1.54, 1.807) is 0 Å². The summed E-state index contributed by atoms with van der Waals surface area (Å²) in [4.78, 5) is 27.7. The second-order valence-electron chi connectivity index (χ2n) is 5.72. The zero-order chi connectivity index (χ0) is 14.6. The number of hydrogen-bond donors (Lipinski definition) is 1. The zero-order valence-corrected chi connectivity index (χ0v) is 12.5. The highest BCUT2D eigenvalue weighted by Crippen LogP contribution is 2.32. The highest BCUT2D eigenvalue weighted by molar-refractivity contribution is 5.85. The number of likely N-dealkylation sites (tertiary alicyclic amines) is 1. The van der Waals surface area contributed by atoms with E-state index in [0.29, 0.717) is 18.9 Å². The number of rotatable bonds is 6. The first-order valence-electron chi connectivity index (χ1n) is 7.04. The summed E-state index contributed by atoms with van der Waals surface area (Å²) in [6.45, 7) is 5.15. The van der Waals surface area contributed by atoms with E-state index in [0.717, 1.165) is 19.5 Å². The number of carboxylic acid groups (broad SMARTS) is 1. The van der Waals surface area contributed by atoms with Gasteiger partial charge in [0.05, 0.1) is 5.41 Å². The van der Waals surface area contributed by atoms with Crippen molar-refractivity contribution in [1.29, 1.82) is 0 Å². The fourth-order valence-electron chi connectivity index (χ4n) is 2.67. The normalized spacial score (nSPS) is 20.1. The first kappa shape index (κ1) is 16.0. The van der Waals surface area contributed by atoms with Crippen molar-refractivity contribution in [3.05, 3.63) is 0 Å². The molecule has 19 heavy (non-hydrogen) atoms. The Morgan fingerprint density at radius 2 is 1.89 bits per heavy atom. The standard InChI is InChI=1S/C14H26N2O3/c1-5-14(6-2,13(18)19)9-12(17)16-8-7-11(10-16)15(3)4/h11H,5-10H2,1-4H3,(H,18,19). The number of carbonyl (C=O) groups excluding carboxylic acids is 1. The van der Waals surface area contributed by atoms with Gasteiger partial charge in [-0.2, -0.15) is 0 Å². The Labute approximate surface area is 115 Å². The smallest absolute Gasteiger partial charge is 0.310 e. The lowest BCUT2D eigenvalue weighted by Gasteiger charge is -2.28. The minimum Gasteiger partial charge on any atom is -0.481 e. The van der Waals surface area contributed by atoms with Crippen LogP contribution >= 0.6 is 0 Å². The van der Waals surface area contributed by atoms with Gasteiger partial charge in [0.2, 0.25) is 5.91 Å². The van der Waals surface area contributed by atoms with Crippen LogP contribution in [0.3, 0.4) is 0 Å². The minimum absolute atomic E-state index is 0.0181. The van der Waals surface area contributed by atoms with Crippen LogP contribution in [0.5, 0.6) is 0 Å². The van der Waals surface area contributed by atoms with Gasteiger partial charge >= 0.3 is 5.97 Å². The molecule has 1 rings (SSSR count). The average Bonchev–Trinajstić information content (AvgIpc) is 2.85. The van der Waals surface area contributed by atoms with Crippen molar-refractivity contribution in [3.8, 4) is 0 Å². The quantitative estimate of drug-likeness (QED) is 0.793. The zero-order valence-electron chi connectivity index (χ0n) is 12.5. The number of likely N-dealkylation sites (N-methyl/N-ethyl adjacent to an activating group) is 1. The molecule has 0 aromatic carbocycles. The summed E-state index contributed by atoms with van der Waals surface area (Å²) in [5.41, 5.74) is -0.896. The molecule has 1 heterocycles. The van der Waals surface area contributed by atoms with Gasteiger partial charge in [0.1, 0.15) is 0 Å². The molecule has 0 spiro atoms. The Morgan fingerprint density at radius 3 is 2.26 bits per heavy atom. The molecule has 1 fully saturated rings. The van der Waals surface area contributed by atoms with Crippen molar-refractivity contribution in [2.45, 2.75) is 45.6 Å². The van der Waals surface area contributed by atoms with Gasteiger partial charge in [-0.3, -0.25) is 9.59 Å². The number of nitrogens with zero attached hydrogens (tertiary/aromatic N) is 2. The van der Waals surface area contributed by atoms with Crippen molar-refractivity contribution in [2.75, 3.05) is 27.2 Å². The molecule has 110 valence electrons. The van der Waals surface area contributed by atoms with Crippen LogP contribution in [0.15, 0.2) is 0 Å². The van der Waals surface area contributed by atoms with Crippen molar-refractivity contribution in [3.63, 3.8) is 0 Å². The molecule has 1 aliphatic heterocycles. The molecule has 0 aliphatic carbocycles. The van der Waals surface area contributed by atoms with E-state index in [4.69, 9.17) is 0 Å². The molecule has 0 aromatic rings. The fraction of sp³-hybridized carbons (Fsp3) is 0.857. The summed E-state index contributed by atoms with van der Waals surface area (Å²) in [6.07, 6.45) is 2.08. The molecule has 0 saturated carbocycles. The fourth-order valence-corrected chi connectivity index (χ4v) is 2.67.